The van der Waals surface area contributed by atoms with Crippen LogP contribution in [0.4, 0.5) is 22.0 Å². The van der Waals surface area contributed by atoms with Crippen LogP contribution in [0.15, 0.2) is 10.7 Å². The molecule has 0 N–H and O–H groups in total. The lowest BCUT2D eigenvalue weighted by molar-refractivity contribution is 0.376. The summed E-state index contributed by atoms with van der Waals surface area (Å²) in [4.78, 5) is 1.21. The molecular formula is C16H16BrF5. The number of rotatable bonds is 6. The van der Waals surface area contributed by atoms with E-state index in [-0.39, 0.29) is 12.0 Å². The van der Waals surface area contributed by atoms with Gasteiger partial charge in [0.05, 0.1) is 5.56 Å². The first-order valence-electron chi connectivity index (χ1n) is 6.87. The van der Waals surface area contributed by atoms with Crippen LogP contribution < -0.4 is 0 Å². The predicted molar refractivity (Wildman–Crippen MR) is 80.0 cm³/mol. The normalized spacial score (nSPS) is 10.8. The summed E-state index contributed by atoms with van der Waals surface area (Å²) < 4.78 is 67.2. The number of unbranched alkanes of at least 4 members (excludes halogenated alkanes) is 1. The maximum absolute atomic E-state index is 13.8. The maximum Gasteiger partial charge on any atom is 0.200 e. The first-order chi connectivity index (χ1) is 10.3. The Morgan fingerprint density at radius 3 is 1.91 bits per heavy atom. The van der Waals surface area contributed by atoms with E-state index in [0.717, 1.165) is 12.8 Å². The van der Waals surface area contributed by atoms with Crippen LogP contribution in [0.2, 0.25) is 0 Å². The van der Waals surface area contributed by atoms with Crippen molar-refractivity contribution in [3.05, 3.63) is 45.4 Å². The SMILES string of the molecule is CC(C)CCCCC(=C=CBr)c1c(F)c(F)c(F)c(F)c1F. The van der Waals surface area contributed by atoms with Gasteiger partial charge < -0.3 is 0 Å². The summed E-state index contributed by atoms with van der Waals surface area (Å²) in [6, 6.07) is 0. The Kier molecular flexibility index (Phi) is 7.30. The van der Waals surface area contributed by atoms with Crippen LogP contribution in [0.1, 0.15) is 45.1 Å². The molecule has 0 aliphatic carbocycles. The second-order valence-corrected chi connectivity index (χ2v) is 5.77. The fourth-order valence-electron chi connectivity index (χ4n) is 2.06. The zero-order valence-corrected chi connectivity index (χ0v) is 13.8. The molecule has 0 aliphatic rings. The van der Waals surface area contributed by atoms with Crippen molar-refractivity contribution in [1.29, 1.82) is 0 Å². The molecule has 0 nitrogen and oxygen atoms in total. The van der Waals surface area contributed by atoms with Gasteiger partial charge in [0.15, 0.2) is 23.3 Å². The Labute approximate surface area is 134 Å². The van der Waals surface area contributed by atoms with Crippen LogP contribution in [0.25, 0.3) is 5.57 Å². The third-order valence-electron chi connectivity index (χ3n) is 3.20. The molecule has 0 amide bonds. The molecule has 0 fully saturated rings. The van der Waals surface area contributed by atoms with Crippen molar-refractivity contribution in [2.45, 2.75) is 39.5 Å². The fraction of sp³-hybridized carbons (Fsp3) is 0.438. The highest BCUT2D eigenvalue weighted by Gasteiger charge is 2.27. The number of benzene rings is 1. The number of halogens is 6. The molecule has 22 heavy (non-hydrogen) atoms. The second-order valence-electron chi connectivity index (χ2n) is 5.32. The molecule has 6 heteroatoms. The highest BCUT2D eigenvalue weighted by molar-refractivity contribution is 9.11. The van der Waals surface area contributed by atoms with Gasteiger partial charge in [-0.2, -0.15) is 0 Å². The van der Waals surface area contributed by atoms with E-state index in [9.17, 15) is 22.0 Å². The fourth-order valence-corrected chi connectivity index (χ4v) is 2.34. The molecule has 0 atom stereocenters. The molecule has 122 valence electrons. The van der Waals surface area contributed by atoms with Crippen LogP contribution in [0.3, 0.4) is 0 Å². The molecule has 0 aliphatic heterocycles. The molecule has 0 heterocycles. The van der Waals surface area contributed by atoms with Crippen molar-refractivity contribution in [3.63, 3.8) is 0 Å². The summed E-state index contributed by atoms with van der Waals surface area (Å²) in [7, 11) is 0. The molecule has 0 aromatic heterocycles. The van der Waals surface area contributed by atoms with Gasteiger partial charge in [-0.25, -0.2) is 22.0 Å². The molecular weight excluding hydrogens is 367 g/mol. The lowest BCUT2D eigenvalue weighted by atomic mass is 9.97. The van der Waals surface area contributed by atoms with Crippen LogP contribution in [0, 0.1) is 35.0 Å². The van der Waals surface area contributed by atoms with E-state index >= 15 is 0 Å². The van der Waals surface area contributed by atoms with E-state index < -0.39 is 34.6 Å². The first kappa shape index (κ1) is 18.9. The predicted octanol–water partition coefficient (Wildman–Crippen LogP) is 6.49. The third-order valence-corrected chi connectivity index (χ3v) is 3.43. The zero-order chi connectivity index (χ0) is 16.9. The van der Waals surface area contributed by atoms with E-state index in [1.807, 2.05) is 13.8 Å². The second kappa shape index (κ2) is 8.49. The van der Waals surface area contributed by atoms with Crippen LogP contribution in [-0.4, -0.2) is 0 Å². The summed E-state index contributed by atoms with van der Waals surface area (Å²) >= 11 is 2.92. The van der Waals surface area contributed by atoms with Gasteiger partial charge in [-0.1, -0.05) is 42.6 Å². The first-order valence-corrected chi connectivity index (χ1v) is 7.78. The Morgan fingerprint density at radius 2 is 1.45 bits per heavy atom. The Bertz CT molecular complexity index is 572. The minimum Gasteiger partial charge on any atom is -0.203 e. The van der Waals surface area contributed by atoms with Crippen LogP contribution in [-0.2, 0) is 0 Å². The average Bonchev–Trinajstić information content (AvgIpc) is 2.47. The van der Waals surface area contributed by atoms with E-state index in [4.69, 9.17) is 0 Å². The minimum absolute atomic E-state index is 0.0477. The van der Waals surface area contributed by atoms with Gasteiger partial charge in [-0.15, -0.1) is 5.73 Å². The molecule has 0 saturated carbocycles. The minimum atomic E-state index is -2.15. The summed E-state index contributed by atoms with van der Waals surface area (Å²) in [5.74, 6) is -9.20. The molecule has 0 unspecified atom stereocenters. The Morgan fingerprint density at radius 1 is 0.955 bits per heavy atom. The van der Waals surface area contributed by atoms with Crippen molar-refractivity contribution in [2.75, 3.05) is 0 Å². The summed E-state index contributed by atoms with van der Waals surface area (Å²) in [6.45, 7) is 4.08. The molecule has 1 aromatic carbocycles. The smallest absolute Gasteiger partial charge is 0.200 e. The lowest BCUT2D eigenvalue weighted by Gasteiger charge is -2.11. The van der Waals surface area contributed by atoms with Gasteiger partial charge in [-0.3, -0.25) is 0 Å². The van der Waals surface area contributed by atoms with E-state index in [0.29, 0.717) is 12.3 Å². The number of allylic oxidation sites excluding steroid dienone is 1. The molecule has 0 radical (unpaired) electrons. The van der Waals surface area contributed by atoms with E-state index in [1.165, 1.54) is 4.99 Å². The van der Waals surface area contributed by atoms with Gasteiger partial charge in [0.2, 0.25) is 5.82 Å². The summed E-state index contributed by atoms with van der Waals surface area (Å²) in [5, 5.41) is 0. The van der Waals surface area contributed by atoms with Gasteiger partial charge in [-0.05, 0) is 18.8 Å². The highest BCUT2D eigenvalue weighted by Crippen LogP contribution is 2.31. The Balaban J connectivity index is 3.16. The monoisotopic (exact) mass is 382 g/mol. The highest BCUT2D eigenvalue weighted by atomic mass is 79.9. The largest absolute Gasteiger partial charge is 0.203 e. The van der Waals surface area contributed by atoms with Crippen molar-refractivity contribution >= 4 is 21.5 Å². The third kappa shape index (κ3) is 4.43. The molecule has 0 bridgehead atoms. The van der Waals surface area contributed by atoms with Crippen molar-refractivity contribution in [2.24, 2.45) is 5.92 Å². The van der Waals surface area contributed by atoms with Crippen LogP contribution in [0.5, 0.6) is 0 Å². The average molecular weight is 383 g/mol. The topological polar surface area (TPSA) is 0 Å². The van der Waals surface area contributed by atoms with Crippen LogP contribution >= 0.6 is 15.9 Å². The van der Waals surface area contributed by atoms with E-state index in [1.54, 1.807) is 0 Å². The quantitative estimate of drug-likeness (QED) is 0.173. The summed E-state index contributed by atoms with van der Waals surface area (Å²) in [5.41, 5.74) is 1.56. The van der Waals surface area contributed by atoms with Gasteiger partial charge in [0.1, 0.15) is 0 Å². The number of hydrogen-bond acceptors (Lipinski definition) is 0. The van der Waals surface area contributed by atoms with Crippen molar-refractivity contribution in [1.82, 2.24) is 0 Å². The van der Waals surface area contributed by atoms with Gasteiger partial charge in [0, 0.05) is 10.6 Å². The molecule has 0 saturated heterocycles. The van der Waals surface area contributed by atoms with Crippen molar-refractivity contribution in [3.8, 4) is 0 Å². The lowest BCUT2D eigenvalue weighted by Crippen LogP contribution is -2.06. The number of hydrogen-bond donors (Lipinski definition) is 0. The molecule has 1 aromatic rings. The van der Waals surface area contributed by atoms with Crippen molar-refractivity contribution < 1.29 is 22.0 Å². The maximum atomic E-state index is 13.8. The van der Waals surface area contributed by atoms with Gasteiger partial charge in [0.25, 0.3) is 0 Å². The van der Waals surface area contributed by atoms with Gasteiger partial charge >= 0.3 is 0 Å². The standard InChI is InChI=1S/C16H16BrF5/c1-9(2)5-3-4-6-10(7-8-17)11-12(18)14(20)16(22)15(21)13(11)19/h8-9H,3-6H2,1-2H3. The van der Waals surface area contributed by atoms with E-state index in [2.05, 4.69) is 21.7 Å². The molecule has 0 spiro atoms. The Hall–Kier alpha value is -1.13. The zero-order valence-electron chi connectivity index (χ0n) is 12.3. The molecule has 1 rings (SSSR count). The summed E-state index contributed by atoms with van der Waals surface area (Å²) in [6.07, 6.45) is 2.46.